The highest BCUT2D eigenvalue weighted by atomic mass is 16.4. The Bertz CT molecular complexity index is 788. The van der Waals surface area contributed by atoms with Crippen molar-refractivity contribution in [3.05, 3.63) is 64.7 Å². The van der Waals surface area contributed by atoms with Gasteiger partial charge in [0.05, 0.1) is 19.1 Å². The van der Waals surface area contributed by atoms with Gasteiger partial charge in [0, 0.05) is 17.6 Å². The lowest BCUT2D eigenvalue weighted by Gasteiger charge is -2.28. The number of nitrogens with one attached hydrogen (secondary N) is 1. The summed E-state index contributed by atoms with van der Waals surface area (Å²) in [7, 11) is 0. The molecular weight excluding hydrogens is 346 g/mol. The van der Waals surface area contributed by atoms with Crippen LogP contribution < -0.4 is 5.32 Å². The number of hydrogen-bond donors (Lipinski definition) is 5. The van der Waals surface area contributed by atoms with E-state index in [4.69, 9.17) is 5.11 Å². The number of benzene rings is 2. The van der Waals surface area contributed by atoms with Gasteiger partial charge in [-0.15, -0.1) is 0 Å². The van der Waals surface area contributed by atoms with Gasteiger partial charge in [-0.25, -0.2) is 0 Å². The Morgan fingerprint density at radius 1 is 1.15 bits per heavy atom. The summed E-state index contributed by atoms with van der Waals surface area (Å²) < 4.78 is 0. The number of carboxylic acids is 1. The molecular formula is C21H27NO5. The van der Waals surface area contributed by atoms with Crippen LogP contribution in [0.1, 0.15) is 42.2 Å². The molecule has 0 heterocycles. The van der Waals surface area contributed by atoms with Crippen molar-refractivity contribution in [2.75, 3.05) is 6.54 Å². The zero-order chi connectivity index (χ0) is 20.0. The summed E-state index contributed by atoms with van der Waals surface area (Å²) in [6.45, 7) is 4.04. The van der Waals surface area contributed by atoms with Gasteiger partial charge in [0.15, 0.2) is 0 Å². The number of aliphatic hydroxyl groups excluding tert-OH is 2. The van der Waals surface area contributed by atoms with E-state index in [9.17, 15) is 20.1 Å². The fourth-order valence-electron chi connectivity index (χ4n) is 3.03. The molecule has 0 saturated carbocycles. The summed E-state index contributed by atoms with van der Waals surface area (Å²) in [6, 6.07) is 12.2. The van der Waals surface area contributed by atoms with E-state index in [1.54, 1.807) is 18.2 Å². The van der Waals surface area contributed by atoms with Crippen LogP contribution in [0.25, 0.3) is 0 Å². The summed E-state index contributed by atoms with van der Waals surface area (Å²) in [5.41, 5.74) is 2.45. The second kappa shape index (κ2) is 8.99. The van der Waals surface area contributed by atoms with Crippen molar-refractivity contribution in [3.63, 3.8) is 0 Å². The monoisotopic (exact) mass is 373 g/mol. The van der Waals surface area contributed by atoms with E-state index >= 15 is 0 Å². The van der Waals surface area contributed by atoms with E-state index < -0.39 is 12.1 Å². The molecule has 0 aliphatic rings. The highest BCUT2D eigenvalue weighted by molar-refractivity contribution is 5.70. The first-order valence-electron chi connectivity index (χ1n) is 8.85. The zero-order valence-electron chi connectivity index (χ0n) is 15.6. The Labute approximate surface area is 159 Å². The number of carboxylic acid groups (broad SMARTS) is 1. The predicted molar refractivity (Wildman–Crippen MR) is 103 cm³/mol. The lowest BCUT2D eigenvalue weighted by Crippen LogP contribution is -2.43. The molecule has 0 aliphatic carbocycles. The van der Waals surface area contributed by atoms with Crippen molar-refractivity contribution in [1.29, 1.82) is 0 Å². The van der Waals surface area contributed by atoms with Crippen LogP contribution in [0.3, 0.4) is 0 Å². The maximum absolute atomic E-state index is 10.9. The number of carbonyl (C=O) groups is 1. The minimum Gasteiger partial charge on any atom is -0.508 e. The molecule has 6 nitrogen and oxygen atoms in total. The van der Waals surface area contributed by atoms with Crippen LogP contribution in [-0.2, 0) is 24.2 Å². The molecule has 1 atom stereocenters. The Hall–Kier alpha value is -2.41. The maximum Gasteiger partial charge on any atom is 0.307 e. The van der Waals surface area contributed by atoms with Crippen LogP contribution in [0.2, 0.25) is 0 Å². The van der Waals surface area contributed by atoms with E-state index in [-0.39, 0.29) is 24.3 Å². The smallest absolute Gasteiger partial charge is 0.307 e. The molecule has 5 N–H and O–H groups in total. The van der Waals surface area contributed by atoms with Gasteiger partial charge in [-0.3, -0.25) is 4.79 Å². The second-order valence-corrected chi connectivity index (χ2v) is 7.39. The first kappa shape index (κ1) is 20.9. The van der Waals surface area contributed by atoms with Gasteiger partial charge in [-0.05, 0) is 49.1 Å². The number of phenols is 1. The Kier molecular flexibility index (Phi) is 6.96. The van der Waals surface area contributed by atoms with Crippen LogP contribution in [0, 0.1) is 0 Å². The summed E-state index contributed by atoms with van der Waals surface area (Å²) >= 11 is 0. The summed E-state index contributed by atoms with van der Waals surface area (Å²) in [4.78, 5) is 10.9. The van der Waals surface area contributed by atoms with Crippen molar-refractivity contribution in [2.24, 2.45) is 0 Å². The average Bonchev–Trinajstić information content (AvgIpc) is 2.59. The molecule has 2 aromatic carbocycles. The standard InChI is InChI=1S/C21H27NO5/c1-21(2,11-15-5-3-4-14(8-15)9-20(26)27)22-12-19(25)16-6-7-18(24)17(10-16)13-23/h3-8,10,19,22-25H,9,11-13H2,1-2H3,(H,26,27)/t19-/m0/s1. The minimum absolute atomic E-state index is 0.00276. The van der Waals surface area contributed by atoms with Gasteiger partial charge >= 0.3 is 5.97 Å². The third kappa shape index (κ3) is 6.36. The van der Waals surface area contributed by atoms with Gasteiger partial charge in [0.1, 0.15) is 5.75 Å². The Morgan fingerprint density at radius 3 is 2.52 bits per heavy atom. The lowest BCUT2D eigenvalue weighted by molar-refractivity contribution is -0.136. The van der Waals surface area contributed by atoms with Crippen LogP contribution in [-0.4, -0.2) is 38.5 Å². The van der Waals surface area contributed by atoms with Gasteiger partial charge < -0.3 is 25.7 Å². The van der Waals surface area contributed by atoms with E-state index in [1.807, 2.05) is 32.0 Å². The Morgan fingerprint density at radius 2 is 1.85 bits per heavy atom. The van der Waals surface area contributed by atoms with Crippen molar-refractivity contribution < 1.29 is 25.2 Å². The zero-order valence-corrected chi connectivity index (χ0v) is 15.6. The van der Waals surface area contributed by atoms with Crippen LogP contribution in [0.15, 0.2) is 42.5 Å². The highest BCUT2D eigenvalue weighted by Crippen LogP contribution is 2.23. The van der Waals surface area contributed by atoms with Crippen molar-refractivity contribution >= 4 is 5.97 Å². The van der Waals surface area contributed by atoms with Crippen molar-refractivity contribution in [1.82, 2.24) is 5.32 Å². The van der Waals surface area contributed by atoms with Gasteiger partial charge in [0.25, 0.3) is 0 Å². The summed E-state index contributed by atoms with van der Waals surface area (Å²) in [6.07, 6.45) is -0.118. The fraction of sp³-hybridized carbons (Fsp3) is 0.381. The molecule has 0 radical (unpaired) electrons. The van der Waals surface area contributed by atoms with E-state index in [2.05, 4.69) is 5.32 Å². The summed E-state index contributed by atoms with van der Waals surface area (Å²) in [5, 5.41) is 41.5. The van der Waals surface area contributed by atoms with E-state index in [0.717, 1.165) is 11.1 Å². The van der Waals surface area contributed by atoms with E-state index in [0.29, 0.717) is 24.1 Å². The molecule has 0 amide bonds. The van der Waals surface area contributed by atoms with Crippen molar-refractivity contribution in [3.8, 4) is 5.75 Å². The molecule has 0 spiro atoms. The molecule has 0 saturated heterocycles. The number of aliphatic carboxylic acids is 1. The predicted octanol–water partition coefficient (Wildman–Crippen LogP) is 2.16. The summed E-state index contributed by atoms with van der Waals surface area (Å²) in [5.74, 6) is -0.855. The number of hydrogen-bond acceptors (Lipinski definition) is 5. The Balaban J connectivity index is 1.98. The van der Waals surface area contributed by atoms with Gasteiger partial charge in [0.2, 0.25) is 0 Å². The highest BCUT2D eigenvalue weighted by Gasteiger charge is 2.20. The topological polar surface area (TPSA) is 110 Å². The molecule has 2 aromatic rings. The first-order chi connectivity index (χ1) is 12.7. The number of rotatable bonds is 9. The molecule has 0 bridgehead atoms. The van der Waals surface area contributed by atoms with Gasteiger partial charge in [-0.2, -0.15) is 0 Å². The maximum atomic E-state index is 10.9. The third-order valence-electron chi connectivity index (χ3n) is 4.43. The molecule has 0 aromatic heterocycles. The molecule has 0 aliphatic heterocycles. The lowest BCUT2D eigenvalue weighted by atomic mass is 9.93. The largest absolute Gasteiger partial charge is 0.508 e. The molecule has 2 rings (SSSR count). The van der Waals surface area contributed by atoms with Crippen LogP contribution in [0.4, 0.5) is 0 Å². The van der Waals surface area contributed by atoms with Crippen LogP contribution >= 0.6 is 0 Å². The number of aromatic hydroxyl groups is 1. The van der Waals surface area contributed by atoms with Crippen molar-refractivity contribution in [2.45, 2.75) is 44.9 Å². The molecule has 0 unspecified atom stereocenters. The second-order valence-electron chi connectivity index (χ2n) is 7.39. The molecule has 146 valence electrons. The molecule has 0 fully saturated rings. The van der Waals surface area contributed by atoms with Crippen LogP contribution in [0.5, 0.6) is 5.75 Å². The normalized spacial score (nSPS) is 12.7. The fourth-order valence-corrected chi connectivity index (χ4v) is 3.03. The SMILES string of the molecule is CC(C)(Cc1cccc(CC(=O)O)c1)NC[C@H](O)c1ccc(O)c(CO)c1. The third-order valence-corrected chi connectivity index (χ3v) is 4.43. The average molecular weight is 373 g/mol. The van der Waals surface area contributed by atoms with Gasteiger partial charge in [-0.1, -0.05) is 30.3 Å². The molecule has 6 heteroatoms. The minimum atomic E-state index is -0.858. The quantitative estimate of drug-likeness (QED) is 0.461. The number of aliphatic hydroxyl groups is 2. The first-order valence-corrected chi connectivity index (χ1v) is 8.85. The number of β-amino-alcohol motifs (C(OH)–C–C–N with tert-alkyl or cyclic N) is 1. The molecule has 27 heavy (non-hydrogen) atoms. The van der Waals surface area contributed by atoms with E-state index in [1.165, 1.54) is 6.07 Å².